The van der Waals surface area contributed by atoms with Crippen LogP contribution in [0.15, 0.2) is 42.9 Å². The topological polar surface area (TPSA) is 103 Å². The summed E-state index contributed by atoms with van der Waals surface area (Å²) in [6.07, 6.45) is 2.70. The highest BCUT2D eigenvalue weighted by molar-refractivity contribution is 5.43. The number of benzene rings is 1. The first kappa shape index (κ1) is 14.5. The number of aryl methyl sites for hydroxylation is 1. The number of nitriles is 1. The van der Waals surface area contributed by atoms with E-state index in [1.807, 2.05) is 30.3 Å². The van der Waals surface area contributed by atoms with E-state index in [9.17, 15) is 15.4 Å². The Labute approximate surface area is 131 Å². The summed E-state index contributed by atoms with van der Waals surface area (Å²) in [6, 6.07) is 11.6. The fraction of sp³-hybridized carbons (Fsp3) is 0.133. The zero-order chi connectivity index (χ0) is 16.4. The highest BCUT2D eigenvalue weighted by Gasteiger charge is 2.18. The number of hydrogen-bond acceptors (Lipinski definition) is 5. The van der Waals surface area contributed by atoms with Crippen LogP contribution in [-0.2, 0) is 6.54 Å². The predicted octanol–water partition coefficient (Wildman–Crippen LogP) is 2.21. The van der Waals surface area contributed by atoms with E-state index >= 15 is 0 Å². The van der Waals surface area contributed by atoms with E-state index in [2.05, 4.69) is 16.2 Å². The summed E-state index contributed by atoms with van der Waals surface area (Å²) >= 11 is 0. The largest absolute Gasteiger partial charge is 0.381 e. The van der Waals surface area contributed by atoms with Gasteiger partial charge in [0.1, 0.15) is 12.3 Å². The van der Waals surface area contributed by atoms with Crippen LogP contribution >= 0.6 is 0 Å². The van der Waals surface area contributed by atoms with Crippen LogP contribution in [0.2, 0.25) is 0 Å². The second-order valence-corrected chi connectivity index (χ2v) is 4.93. The number of para-hydroxylation sites is 1. The highest BCUT2D eigenvalue weighted by atomic mass is 16.6. The molecule has 0 aliphatic carbocycles. The molecule has 0 radical (unpaired) electrons. The summed E-state index contributed by atoms with van der Waals surface area (Å²) in [5, 5.41) is 24.6. The van der Waals surface area contributed by atoms with Crippen molar-refractivity contribution in [1.29, 1.82) is 5.26 Å². The van der Waals surface area contributed by atoms with Gasteiger partial charge in [0, 0.05) is 0 Å². The van der Waals surface area contributed by atoms with Crippen LogP contribution < -0.4 is 0 Å². The number of rotatable bonds is 4. The van der Waals surface area contributed by atoms with Crippen molar-refractivity contribution in [3.63, 3.8) is 0 Å². The molecule has 2 aromatic heterocycles. The molecule has 0 spiro atoms. The average Bonchev–Trinajstić information content (AvgIpc) is 3.13. The molecule has 0 atom stereocenters. The molecule has 0 N–H and O–H groups in total. The van der Waals surface area contributed by atoms with E-state index in [1.165, 1.54) is 12.5 Å². The van der Waals surface area contributed by atoms with Gasteiger partial charge < -0.3 is 14.7 Å². The Bertz CT molecular complexity index is 904. The Balaban J connectivity index is 2.06. The summed E-state index contributed by atoms with van der Waals surface area (Å²) in [7, 11) is 0. The molecule has 0 fully saturated rings. The van der Waals surface area contributed by atoms with Crippen molar-refractivity contribution >= 4 is 5.82 Å². The Morgan fingerprint density at radius 2 is 2.09 bits per heavy atom. The van der Waals surface area contributed by atoms with Gasteiger partial charge in [-0.3, -0.25) is 0 Å². The van der Waals surface area contributed by atoms with Crippen LogP contribution in [0.25, 0.3) is 5.69 Å². The molecule has 3 rings (SSSR count). The van der Waals surface area contributed by atoms with E-state index in [0.717, 1.165) is 5.69 Å². The molecule has 2 heterocycles. The maximum absolute atomic E-state index is 10.7. The van der Waals surface area contributed by atoms with Crippen molar-refractivity contribution in [2.24, 2.45) is 0 Å². The van der Waals surface area contributed by atoms with Crippen LogP contribution in [-0.4, -0.2) is 24.3 Å². The summed E-state index contributed by atoms with van der Waals surface area (Å²) in [4.78, 5) is 13.9. The van der Waals surface area contributed by atoms with Crippen molar-refractivity contribution < 1.29 is 4.92 Å². The minimum Gasteiger partial charge on any atom is -0.358 e. The molecule has 8 heteroatoms. The minimum atomic E-state index is -0.554. The molecule has 0 aliphatic rings. The van der Waals surface area contributed by atoms with Crippen molar-refractivity contribution in [2.45, 2.75) is 13.5 Å². The molecule has 0 unspecified atom stereocenters. The number of hydrogen-bond donors (Lipinski definition) is 0. The smallest absolute Gasteiger partial charge is 0.358 e. The fourth-order valence-electron chi connectivity index (χ4n) is 2.35. The first-order valence-electron chi connectivity index (χ1n) is 6.80. The lowest BCUT2D eigenvalue weighted by molar-refractivity contribution is -0.389. The zero-order valence-electron chi connectivity index (χ0n) is 12.2. The van der Waals surface area contributed by atoms with Gasteiger partial charge in [-0.15, -0.1) is 0 Å². The van der Waals surface area contributed by atoms with Crippen molar-refractivity contribution in [3.8, 4) is 11.8 Å². The standard InChI is InChI=1S/C15H12N6O2/c1-11-13(7-16)14(8-19-9-15(17-10-19)21(22)23)20(18-11)12-5-3-2-4-6-12/h2-6,9-10H,8H2,1H3. The SMILES string of the molecule is Cc1nn(-c2ccccc2)c(Cn2cnc([N+](=O)[O-])c2)c1C#N. The molecule has 0 bridgehead atoms. The Morgan fingerprint density at radius 1 is 1.35 bits per heavy atom. The second kappa shape index (κ2) is 5.73. The minimum absolute atomic E-state index is 0.231. The maximum atomic E-state index is 10.7. The quantitative estimate of drug-likeness (QED) is 0.543. The van der Waals surface area contributed by atoms with E-state index in [1.54, 1.807) is 16.2 Å². The van der Waals surface area contributed by atoms with E-state index < -0.39 is 4.92 Å². The van der Waals surface area contributed by atoms with E-state index in [4.69, 9.17) is 0 Å². The molecular formula is C15H12N6O2. The van der Waals surface area contributed by atoms with Crippen molar-refractivity contribution in [3.05, 3.63) is 69.9 Å². The van der Waals surface area contributed by atoms with E-state index in [-0.39, 0.29) is 12.4 Å². The number of nitro groups is 1. The Kier molecular flexibility index (Phi) is 3.60. The van der Waals surface area contributed by atoms with Gasteiger partial charge in [0.05, 0.1) is 29.2 Å². The monoisotopic (exact) mass is 308 g/mol. The molecule has 1 aromatic carbocycles. The van der Waals surface area contributed by atoms with Gasteiger partial charge in [-0.25, -0.2) is 4.68 Å². The maximum Gasteiger partial charge on any atom is 0.381 e. The molecule has 3 aromatic rings. The van der Waals surface area contributed by atoms with Gasteiger partial charge in [0.15, 0.2) is 0 Å². The first-order valence-corrected chi connectivity index (χ1v) is 6.80. The third kappa shape index (κ3) is 2.67. The van der Waals surface area contributed by atoms with E-state index in [0.29, 0.717) is 17.0 Å². The number of imidazole rings is 1. The third-order valence-electron chi connectivity index (χ3n) is 3.41. The molecule has 0 saturated heterocycles. The molecule has 23 heavy (non-hydrogen) atoms. The van der Waals surface area contributed by atoms with Crippen LogP contribution in [0.1, 0.15) is 17.0 Å². The Morgan fingerprint density at radius 3 is 2.70 bits per heavy atom. The van der Waals surface area contributed by atoms with Gasteiger partial charge >= 0.3 is 5.82 Å². The van der Waals surface area contributed by atoms with Gasteiger partial charge in [-0.05, 0) is 29.0 Å². The zero-order valence-corrected chi connectivity index (χ0v) is 12.2. The van der Waals surface area contributed by atoms with Gasteiger partial charge in [-0.2, -0.15) is 10.4 Å². The first-order chi connectivity index (χ1) is 11.1. The fourth-order valence-corrected chi connectivity index (χ4v) is 2.35. The van der Waals surface area contributed by atoms with Gasteiger partial charge in [0.25, 0.3) is 0 Å². The van der Waals surface area contributed by atoms with Crippen LogP contribution in [0.3, 0.4) is 0 Å². The molecular weight excluding hydrogens is 296 g/mol. The number of nitrogens with zero attached hydrogens (tertiary/aromatic N) is 6. The third-order valence-corrected chi connectivity index (χ3v) is 3.41. The summed E-state index contributed by atoms with van der Waals surface area (Å²) in [5.74, 6) is -0.231. The highest BCUT2D eigenvalue weighted by Crippen LogP contribution is 2.20. The second-order valence-electron chi connectivity index (χ2n) is 4.93. The van der Waals surface area contributed by atoms with Crippen molar-refractivity contribution in [1.82, 2.24) is 19.3 Å². The molecule has 0 amide bonds. The van der Waals surface area contributed by atoms with Crippen molar-refractivity contribution in [2.75, 3.05) is 0 Å². The lowest BCUT2D eigenvalue weighted by Crippen LogP contribution is -2.07. The van der Waals surface area contributed by atoms with Gasteiger partial charge in [-0.1, -0.05) is 18.2 Å². The number of aromatic nitrogens is 4. The lowest BCUT2D eigenvalue weighted by atomic mass is 10.2. The van der Waals surface area contributed by atoms with Crippen LogP contribution in [0.5, 0.6) is 0 Å². The summed E-state index contributed by atoms with van der Waals surface area (Å²) < 4.78 is 3.24. The normalized spacial score (nSPS) is 10.4. The molecule has 8 nitrogen and oxygen atoms in total. The molecule has 0 aliphatic heterocycles. The average molecular weight is 308 g/mol. The molecule has 0 saturated carbocycles. The lowest BCUT2D eigenvalue weighted by Gasteiger charge is -2.07. The molecule has 114 valence electrons. The van der Waals surface area contributed by atoms with Crippen LogP contribution in [0.4, 0.5) is 5.82 Å². The predicted molar refractivity (Wildman–Crippen MR) is 81.0 cm³/mol. The summed E-state index contributed by atoms with van der Waals surface area (Å²) in [5.41, 5.74) is 2.55. The van der Waals surface area contributed by atoms with Gasteiger partial charge in [0.2, 0.25) is 6.33 Å². The van der Waals surface area contributed by atoms with Crippen LogP contribution in [0, 0.1) is 28.4 Å². The summed E-state index contributed by atoms with van der Waals surface area (Å²) in [6.45, 7) is 2.03. The Hall–Kier alpha value is -3.47.